The van der Waals surface area contributed by atoms with Gasteiger partial charge in [-0.2, -0.15) is 0 Å². The molecule has 2 N–H and O–H groups in total. The molecule has 112 valence electrons. The number of furan rings is 1. The Kier molecular flexibility index (Phi) is 5.50. The molecule has 2 rings (SSSR count). The van der Waals surface area contributed by atoms with Crippen LogP contribution in [0.25, 0.3) is 0 Å². The van der Waals surface area contributed by atoms with Crippen LogP contribution in [0.4, 0.5) is 0 Å². The van der Waals surface area contributed by atoms with Crippen molar-refractivity contribution in [3.8, 4) is 5.75 Å². The van der Waals surface area contributed by atoms with Crippen LogP contribution in [-0.2, 0) is 4.79 Å². The lowest BCUT2D eigenvalue weighted by molar-refractivity contribution is -0.123. The van der Waals surface area contributed by atoms with E-state index in [0.717, 1.165) is 0 Å². The molecule has 0 fully saturated rings. The maximum atomic E-state index is 11.6. The first-order chi connectivity index (χ1) is 10.1. The van der Waals surface area contributed by atoms with E-state index < -0.39 is 6.10 Å². The summed E-state index contributed by atoms with van der Waals surface area (Å²) in [5.41, 5.74) is 0. The number of nitrogens with one attached hydrogen (secondary N) is 1. The quantitative estimate of drug-likeness (QED) is 0.854. The van der Waals surface area contributed by atoms with Gasteiger partial charge in [0.15, 0.2) is 6.61 Å². The van der Waals surface area contributed by atoms with Crippen LogP contribution in [-0.4, -0.2) is 24.2 Å². The van der Waals surface area contributed by atoms with Crippen molar-refractivity contribution in [2.24, 2.45) is 0 Å². The van der Waals surface area contributed by atoms with Gasteiger partial charge in [0.2, 0.25) is 0 Å². The van der Waals surface area contributed by atoms with Crippen LogP contribution in [0.15, 0.2) is 41.0 Å². The molecule has 21 heavy (non-hydrogen) atoms. The molecule has 2 aromatic rings. The average Bonchev–Trinajstić information content (AvgIpc) is 3.00. The minimum Gasteiger partial charge on any atom is -0.484 e. The second-order valence-electron chi connectivity index (χ2n) is 4.20. The van der Waals surface area contributed by atoms with Crippen molar-refractivity contribution in [2.45, 2.75) is 6.10 Å². The number of aliphatic hydroxyl groups is 1. The maximum Gasteiger partial charge on any atom is 0.258 e. The third-order valence-electron chi connectivity index (χ3n) is 2.63. The van der Waals surface area contributed by atoms with Gasteiger partial charge < -0.3 is 19.6 Å². The molecule has 0 spiro atoms. The number of rotatable bonds is 6. The second-order valence-corrected chi connectivity index (χ2v) is 5.01. The van der Waals surface area contributed by atoms with Crippen LogP contribution < -0.4 is 10.1 Å². The Morgan fingerprint density at radius 3 is 2.81 bits per heavy atom. The molecule has 0 aliphatic heterocycles. The lowest BCUT2D eigenvalue weighted by atomic mass is 10.3. The van der Waals surface area contributed by atoms with Crippen LogP contribution in [0.2, 0.25) is 10.0 Å². The maximum absolute atomic E-state index is 11.6. The molecule has 1 aromatic heterocycles. The fourth-order valence-electron chi connectivity index (χ4n) is 1.56. The summed E-state index contributed by atoms with van der Waals surface area (Å²) in [4.78, 5) is 11.6. The van der Waals surface area contributed by atoms with Crippen molar-refractivity contribution in [3.63, 3.8) is 0 Å². The number of aliphatic hydroxyl groups excluding tert-OH is 1. The van der Waals surface area contributed by atoms with Crippen LogP contribution in [0.3, 0.4) is 0 Å². The Morgan fingerprint density at radius 1 is 1.33 bits per heavy atom. The van der Waals surface area contributed by atoms with Crippen LogP contribution >= 0.6 is 23.2 Å². The van der Waals surface area contributed by atoms with Gasteiger partial charge >= 0.3 is 0 Å². The third-order valence-corrected chi connectivity index (χ3v) is 3.36. The molecule has 1 atom stereocenters. The van der Waals surface area contributed by atoms with E-state index in [9.17, 15) is 9.90 Å². The Hall–Kier alpha value is -1.69. The van der Waals surface area contributed by atoms with E-state index >= 15 is 0 Å². The van der Waals surface area contributed by atoms with Gasteiger partial charge in [-0.25, -0.2) is 0 Å². The number of carbonyl (C=O) groups is 1. The van der Waals surface area contributed by atoms with Gasteiger partial charge in [-0.1, -0.05) is 23.2 Å². The molecule has 0 aliphatic carbocycles. The highest BCUT2D eigenvalue weighted by Gasteiger charge is 2.12. The number of benzene rings is 1. The van der Waals surface area contributed by atoms with Crippen molar-refractivity contribution in [1.82, 2.24) is 5.32 Å². The number of halogens is 2. The summed E-state index contributed by atoms with van der Waals surface area (Å²) >= 11 is 11.6. The molecule has 1 heterocycles. The Labute approximate surface area is 131 Å². The molecule has 0 radical (unpaired) electrons. The van der Waals surface area contributed by atoms with Crippen LogP contribution in [0, 0.1) is 0 Å². The van der Waals surface area contributed by atoms with Gasteiger partial charge in [0, 0.05) is 6.07 Å². The molecule has 0 saturated carbocycles. The average molecular weight is 330 g/mol. The summed E-state index contributed by atoms with van der Waals surface area (Å²) in [6, 6.07) is 8.00. The first kappa shape index (κ1) is 15.7. The van der Waals surface area contributed by atoms with Gasteiger partial charge in [-0.05, 0) is 24.3 Å². The topological polar surface area (TPSA) is 71.7 Å². The van der Waals surface area contributed by atoms with Crippen LogP contribution in [0.1, 0.15) is 11.9 Å². The minimum absolute atomic E-state index is 0.0388. The lowest BCUT2D eigenvalue weighted by Gasteiger charge is -2.10. The SMILES string of the molecule is O=C(COc1ccc(Cl)c(Cl)c1)NCC(O)c1ccco1. The highest BCUT2D eigenvalue weighted by atomic mass is 35.5. The molecule has 1 aromatic carbocycles. The standard InChI is InChI=1S/C14H13Cl2NO4/c15-10-4-3-9(6-11(10)16)21-8-14(19)17-7-12(18)13-2-1-5-20-13/h1-6,12,18H,7-8H2,(H,17,19). The summed E-state index contributed by atoms with van der Waals surface area (Å²) in [6.45, 7) is -0.153. The number of ether oxygens (including phenoxy) is 1. The zero-order valence-corrected chi connectivity index (χ0v) is 12.4. The van der Waals surface area contributed by atoms with Gasteiger partial charge in [-0.15, -0.1) is 0 Å². The van der Waals surface area contributed by atoms with Gasteiger partial charge in [0.25, 0.3) is 5.91 Å². The summed E-state index contributed by atoms with van der Waals surface area (Å²) in [6.07, 6.45) is 0.558. The fourth-order valence-corrected chi connectivity index (χ4v) is 1.85. The molecular formula is C14H13Cl2NO4. The van der Waals surface area contributed by atoms with Gasteiger partial charge in [-0.3, -0.25) is 4.79 Å². The van der Waals surface area contributed by atoms with Crippen molar-refractivity contribution < 1.29 is 19.1 Å². The molecule has 7 heteroatoms. The first-order valence-electron chi connectivity index (χ1n) is 6.12. The molecule has 0 aliphatic rings. The monoisotopic (exact) mass is 329 g/mol. The molecule has 0 bridgehead atoms. The van der Waals surface area contributed by atoms with Crippen molar-refractivity contribution >= 4 is 29.1 Å². The third kappa shape index (κ3) is 4.67. The summed E-state index contributed by atoms with van der Waals surface area (Å²) in [5, 5.41) is 13.0. The molecule has 5 nitrogen and oxygen atoms in total. The van der Waals surface area contributed by atoms with Crippen LogP contribution in [0.5, 0.6) is 5.75 Å². The van der Waals surface area contributed by atoms with E-state index in [-0.39, 0.29) is 19.1 Å². The van der Waals surface area contributed by atoms with E-state index in [4.69, 9.17) is 32.4 Å². The summed E-state index contributed by atoms with van der Waals surface area (Å²) in [7, 11) is 0. The number of hydrogen-bond donors (Lipinski definition) is 2. The van der Waals surface area contributed by atoms with E-state index in [1.807, 2.05) is 0 Å². The van der Waals surface area contributed by atoms with E-state index in [1.54, 1.807) is 24.3 Å². The number of carbonyl (C=O) groups excluding carboxylic acids is 1. The minimum atomic E-state index is -0.895. The highest BCUT2D eigenvalue weighted by Crippen LogP contribution is 2.26. The molecule has 1 unspecified atom stereocenters. The predicted octanol–water partition coefficient (Wildman–Crippen LogP) is 2.82. The Morgan fingerprint density at radius 2 is 2.14 bits per heavy atom. The smallest absolute Gasteiger partial charge is 0.258 e. The predicted molar refractivity (Wildman–Crippen MR) is 78.6 cm³/mol. The normalized spacial score (nSPS) is 12.0. The summed E-state index contributed by atoms with van der Waals surface area (Å²) < 4.78 is 10.3. The van der Waals surface area contributed by atoms with Gasteiger partial charge in [0.1, 0.15) is 17.6 Å². The second kappa shape index (κ2) is 7.36. The van der Waals surface area contributed by atoms with E-state index in [0.29, 0.717) is 21.6 Å². The fraction of sp³-hybridized carbons (Fsp3) is 0.214. The zero-order valence-electron chi connectivity index (χ0n) is 10.9. The van der Waals surface area contributed by atoms with E-state index in [1.165, 1.54) is 12.3 Å². The molecule has 0 saturated heterocycles. The number of amides is 1. The first-order valence-corrected chi connectivity index (χ1v) is 6.88. The van der Waals surface area contributed by atoms with E-state index in [2.05, 4.69) is 5.32 Å². The Balaban J connectivity index is 1.75. The molecular weight excluding hydrogens is 317 g/mol. The summed E-state index contributed by atoms with van der Waals surface area (Å²) in [5.74, 6) is 0.457. The molecule has 1 amide bonds. The van der Waals surface area contributed by atoms with Crippen molar-refractivity contribution in [2.75, 3.05) is 13.2 Å². The highest BCUT2D eigenvalue weighted by molar-refractivity contribution is 6.42. The van der Waals surface area contributed by atoms with Crippen molar-refractivity contribution in [1.29, 1.82) is 0 Å². The largest absolute Gasteiger partial charge is 0.484 e. The van der Waals surface area contributed by atoms with Gasteiger partial charge in [0.05, 0.1) is 22.9 Å². The zero-order chi connectivity index (χ0) is 15.2. The van der Waals surface area contributed by atoms with Crippen molar-refractivity contribution in [3.05, 3.63) is 52.4 Å². The lowest BCUT2D eigenvalue weighted by Crippen LogP contribution is -2.32. The Bertz CT molecular complexity index is 601. The number of hydrogen-bond acceptors (Lipinski definition) is 4.